The number of amides is 2. The minimum atomic E-state index is -0.596. The maximum Gasteiger partial charge on any atom is 0.255 e. The average molecular weight is 416 g/mol. The summed E-state index contributed by atoms with van der Waals surface area (Å²) in [6, 6.07) is 5.49. The van der Waals surface area contributed by atoms with E-state index in [1.807, 2.05) is 18.2 Å². The van der Waals surface area contributed by atoms with Crippen molar-refractivity contribution >= 4 is 23.8 Å². The number of piperidine rings is 1. The van der Waals surface area contributed by atoms with Gasteiger partial charge >= 0.3 is 0 Å². The number of hydrogen-bond acceptors (Lipinski definition) is 6. The molecule has 2 heterocycles. The van der Waals surface area contributed by atoms with Crippen molar-refractivity contribution in [2.75, 3.05) is 38.5 Å². The van der Waals surface area contributed by atoms with Crippen LogP contribution < -0.4 is 16.4 Å². The van der Waals surface area contributed by atoms with Crippen LogP contribution in [-0.2, 0) is 16.1 Å². The summed E-state index contributed by atoms with van der Waals surface area (Å²) in [5.41, 5.74) is 8.17. The first-order valence-electron chi connectivity index (χ1n) is 10.8. The van der Waals surface area contributed by atoms with Crippen LogP contribution in [0.2, 0.25) is 0 Å². The fraction of sp³-hybridized carbons (Fsp3) is 0.591. The topological polar surface area (TPSA) is 108 Å². The highest BCUT2D eigenvalue weighted by Gasteiger charge is 2.34. The molecule has 1 aromatic carbocycles. The molecule has 8 nitrogen and oxygen atoms in total. The summed E-state index contributed by atoms with van der Waals surface area (Å²) in [7, 11) is 1.57. The third-order valence-corrected chi connectivity index (χ3v) is 6.12. The Morgan fingerprint density at radius 1 is 1.33 bits per heavy atom. The van der Waals surface area contributed by atoms with Crippen LogP contribution in [0, 0.1) is 0 Å². The lowest BCUT2D eigenvalue weighted by molar-refractivity contribution is -0.121. The largest absolute Gasteiger partial charge is 0.382 e. The maximum absolute atomic E-state index is 12.9. The number of anilines is 1. The molecule has 2 aliphatic rings. The minimum absolute atomic E-state index is 0.133. The molecule has 0 radical (unpaired) electrons. The van der Waals surface area contributed by atoms with Crippen molar-refractivity contribution in [2.45, 2.75) is 50.7 Å². The monoisotopic (exact) mass is 415 g/mol. The number of rotatable bonds is 10. The zero-order valence-corrected chi connectivity index (χ0v) is 17.7. The molecule has 1 atom stereocenters. The van der Waals surface area contributed by atoms with Crippen molar-refractivity contribution in [3.8, 4) is 0 Å². The molecule has 0 spiro atoms. The molecule has 2 aliphatic heterocycles. The molecule has 3 rings (SSSR count). The lowest BCUT2D eigenvalue weighted by Gasteiger charge is -2.33. The Morgan fingerprint density at radius 2 is 2.10 bits per heavy atom. The van der Waals surface area contributed by atoms with Crippen LogP contribution in [0.15, 0.2) is 18.2 Å². The van der Waals surface area contributed by atoms with Gasteiger partial charge in [0.15, 0.2) is 0 Å². The molecule has 1 aromatic rings. The Kier molecular flexibility index (Phi) is 7.81. The number of hydrogen-bond donors (Lipinski definition) is 3. The minimum Gasteiger partial charge on any atom is -0.382 e. The van der Waals surface area contributed by atoms with Gasteiger partial charge in [-0.2, -0.15) is 0 Å². The standard InChI is InChI=1S/C22H33N5O3/c1-24-21(29)7-6-17(15-28)27-14-19-18(22(27)30)4-2-5-20(19)25-16-8-12-26(13-9-16)11-3-10-23/h2,4-5,15-17,25H,3,6-14,23H2,1H3,(H,24,29). The Morgan fingerprint density at radius 3 is 2.77 bits per heavy atom. The van der Waals surface area contributed by atoms with Crippen molar-refractivity contribution in [3.05, 3.63) is 29.3 Å². The van der Waals surface area contributed by atoms with Crippen LogP contribution in [0.1, 0.15) is 48.0 Å². The van der Waals surface area contributed by atoms with Gasteiger partial charge in [0, 0.05) is 56.0 Å². The smallest absolute Gasteiger partial charge is 0.255 e. The van der Waals surface area contributed by atoms with Crippen LogP contribution in [0.4, 0.5) is 5.69 Å². The predicted molar refractivity (Wildman–Crippen MR) is 116 cm³/mol. The van der Waals surface area contributed by atoms with Crippen LogP contribution in [0.3, 0.4) is 0 Å². The lowest BCUT2D eigenvalue weighted by atomic mass is 10.0. The zero-order valence-electron chi connectivity index (χ0n) is 17.7. The molecule has 2 amide bonds. The van der Waals surface area contributed by atoms with Crippen molar-refractivity contribution in [3.63, 3.8) is 0 Å². The van der Waals surface area contributed by atoms with Gasteiger partial charge in [0.1, 0.15) is 6.29 Å². The SMILES string of the molecule is CNC(=O)CCC(C=O)N1Cc2c(NC3CCN(CCCN)CC3)cccc2C1=O. The molecule has 0 aliphatic carbocycles. The number of nitrogens with zero attached hydrogens (tertiary/aromatic N) is 2. The predicted octanol–water partition coefficient (Wildman–Crippen LogP) is 0.961. The highest BCUT2D eigenvalue weighted by atomic mass is 16.2. The van der Waals surface area contributed by atoms with Gasteiger partial charge in [-0.15, -0.1) is 0 Å². The Hall–Kier alpha value is -2.45. The van der Waals surface area contributed by atoms with Crippen molar-refractivity contribution in [2.24, 2.45) is 5.73 Å². The number of benzene rings is 1. The number of fused-ring (bicyclic) bond motifs is 1. The zero-order chi connectivity index (χ0) is 21.5. The lowest BCUT2D eigenvalue weighted by Crippen LogP contribution is -2.40. The summed E-state index contributed by atoms with van der Waals surface area (Å²) in [6.07, 6.45) is 4.45. The van der Waals surface area contributed by atoms with Gasteiger partial charge in [-0.3, -0.25) is 9.59 Å². The summed E-state index contributed by atoms with van der Waals surface area (Å²) >= 11 is 0. The second-order valence-electron chi connectivity index (χ2n) is 8.08. The van der Waals surface area contributed by atoms with Gasteiger partial charge in [-0.1, -0.05) is 6.07 Å². The Balaban J connectivity index is 1.63. The molecule has 4 N–H and O–H groups in total. The van der Waals surface area contributed by atoms with Crippen LogP contribution in [0.25, 0.3) is 0 Å². The van der Waals surface area contributed by atoms with E-state index in [0.717, 1.165) is 63.0 Å². The number of carbonyl (C=O) groups excluding carboxylic acids is 3. The normalized spacial score (nSPS) is 18.2. The van der Waals surface area contributed by atoms with Gasteiger partial charge in [0.25, 0.3) is 5.91 Å². The molecule has 0 saturated carbocycles. The number of likely N-dealkylation sites (tertiary alicyclic amines) is 1. The van der Waals surface area contributed by atoms with Crippen LogP contribution >= 0.6 is 0 Å². The van der Waals surface area contributed by atoms with Crippen molar-refractivity contribution in [1.82, 2.24) is 15.1 Å². The quantitative estimate of drug-likeness (QED) is 0.492. The van der Waals surface area contributed by atoms with E-state index < -0.39 is 6.04 Å². The Bertz CT molecular complexity index is 761. The van der Waals surface area contributed by atoms with E-state index in [9.17, 15) is 14.4 Å². The summed E-state index contributed by atoms with van der Waals surface area (Å²) in [5.74, 6) is -0.273. The molecular formula is C22H33N5O3. The van der Waals surface area contributed by atoms with Gasteiger partial charge < -0.3 is 31.0 Å². The van der Waals surface area contributed by atoms with E-state index in [2.05, 4.69) is 15.5 Å². The maximum atomic E-state index is 12.9. The first-order valence-corrected chi connectivity index (χ1v) is 10.8. The summed E-state index contributed by atoms with van der Waals surface area (Å²) in [5, 5.41) is 6.19. The third kappa shape index (κ3) is 5.17. The molecule has 1 unspecified atom stereocenters. The van der Waals surface area contributed by atoms with Crippen LogP contribution in [0.5, 0.6) is 0 Å². The van der Waals surface area contributed by atoms with E-state index in [1.54, 1.807) is 11.9 Å². The average Bonchev–Trinajstić information content (AvgIpc) is 3.11. The summed E-state index contributed by atoms with van der Waals surface area (Å²) in [6.45, 7) is 4.26. The van der Waals surface area contributed by atoms with Gasteiger partial charge in [0.05, 0.1) is 6.04 Å². The van der Waals surface area contributed by atoms with Gasteiger partial charge in [-0.05, 0) is 50.9 Å². The number of carbonyl (C=O) groups is 3. The van der Waals surface area contributed by atoms with E-state index in [1.165, 1.54) is 0 Å². The van der Waals surface area contributed by atoms with E-state index in [-0.39, 0.29) is 18.2 Å². The Labute approximate surface area is 178 Å². The molecule has 0 bridgehead atoms. The summed E-state index contributed by atoms with van der Waals surface area (Å²) in [4.78, 5) is 40.2. The van der Waals surface area contributed by atoms with Crippen molar-refractivity contribution in [1.29, 1.82) is 0 Å². The highest BCUT2D eigenvalue weighted by molar-refractivity contribution is 6.01. The molecule has 1 fully saturated rings. The summed E-state index contributed by atoms with van der Waals surface area (Å²) < 4.78 is 0. The second kappa shape index (κ2) is 10.5. The van der Waals surface area contributed by atoms with Gasteiger partial charge in [0.2, 0.25) is 5.91 Å². The molecule has 30 heavy (non-hydrogen) atoms. The van der Waals surface area contributed by atoms with E-state index >= 15 is 0 Å². The van der Waals surface area contributed by atoms with E-state index in [4.69, 9.17) is 5.73 Å². The molecule has 8 heteroatoms. The first kappa shape index (κ1) is 22.2. The van der Waals surface area contributed by atoms with E-state index in [0.29, 0.717) is 24.6 Å². The highest BCUT2D eigenvalue weighted by Crippen LogP contribution is 2.32. The van der Waals surface area contributed by atoms with Crippen molar-refractivity contribution < 1.29 is 14.4 Å². The fourth-order valence-corrected chi connectivity index (χ4v) is 4.29. The van der Waals surface area contributed by atoms with Crippen LogP contribution in [-0.4, -0.2) is 73.2 Å². The first-order chi connectivity index (χ1) is 14.6. The number of aldehydes is 1. The third-order valence-electron chi connectivity index (χ3n) is 6.12. The fourth-order valence-electron chi connectivity index (χ4n) is 4.29. The molecule has 164 valence electrons. The number of nitrogens with two attached hydrogens (primary N) is 1. The molecule has 0 aromatic heterocycles. The van der Waals surface area contributed by atoms with Gasteiger partial charge in [-0.25, -0.2) is 0 Å². The second-order valence-corrected chi connectivity index (χ2v) is 8.08. The number of nitrogens with one attached hydrogen (secondary N) is 2. The molecular weight excluding hydrogens is 382 g/mol. The molecule has 1 saturated heterocycles.